The molecule has 0 N–H and O–H groups in total. The first-order valence-corrected chi connectivity index (χ1v) is 15.9. The third-order valence-corrected chi connectivity index (χ3v) is 7.01. The smallest absolute Gasteiger partial charge is 0.129 e. The minimum atomic E-state index is 0.255. The third kappa shape index (κ3) is 18.6. The predicted octanol–water partition coefficient (Wildman–Crippen LogP) is 10.3. The highest BCUT2D eigenvalue weighted by atomic mass is 16.5. The van der Waals surface area contributed by atoms with Gasteiger partial charge >= 0.3 is 0 Å². The van der Waals surface area contributed by atoms with Crippen LogP contribution in [0, 0.1) is 5.92 Å². The number of carbonyl (C=O) groups is 1. The first kappa shape index (κ1) is 36.8. The Morgan fingerprint density at radius 1 is 0.923 bits per heavy atom. The van der Waals surface area contributed by atoms with E-state index in [1.54, 1.807) is 6.92 Å². The van der Waals surface area contributed by atoms with E-state index in [9.17, 15) is 4.79 Å². The van der Waals surface area contributed by atoms with Crippen molar-refractivity contribution in [3.05, 3.63) is 53.6 Å². The van der Waals surface area contributed by atoms with Crippen molar-refractivity contribution in [2.75, 3.05) is 6.61 Å². The molecule has 1 aliphatic heterocycles. The normalized spacial score (nSPS) is 12.7. The van der Waals surface area contributed by atoms with Gasteiger partial charge in [0.1, 0.15) is 17.4 Å². The summed E-state index contributed by atoms with van der Waals surface area (Å²) in [6.07, 6.45) is 19.5. The maximum Gasteiger partial charge on any atom is 0.129 e. The maximum atomic E-state index is 9.81. The fourth-order valence-electron chi connectivity index (χ4n) is 4.29. The summed E-state index contributed by atoms with van der Waals surface area (Å²) in [6, 6.07) is 8.65. The summed E-state index contributed by atoms with van der Waals surface area (Å²) < 4.78 is 5.62. The summed E-state index contributed by atoms with van der Waals surface area (Å²) in [5.41, 5.74) is 2.85. The quantitative estimate of drug-likeness (QED) is 0.237. The third-order valence-electron chi connectivity index (χ3n) is 7.01. The van der Waals surface area contributed by atoms with E-state index in [-0.39, 0.29) is 5.78 Å². The predicted molar refractivity (Wildman–Crippen MR) is 169 cm³/mol. The van der Waals surface area contributed by atoms with Crippen molar-refractivity contribution in [3.8, 4) is 5.75 Å². The molecule has 1 aliphatic rings. The Bertz CT molecular complexity index is 832. The van der Waals surface area contributed by atoms with Gasteiger partial charge in [0.25, 0.3) is 0 Å². The van der Waals surface area contributed by atoms with E-state index in [2.05, 4.69) is 69.7 Å². The van der Waals surface area contributed by atoms with Gasteiger partial charge in [-0.05, 0) is 61.3 Å². The standard InChI is InChI=1S/C20H26N2O.C6H14.C5H12.C4H8O/c1-3-16(17-6-7-19-18(14-17)9-12-23-19)13-15(2)5-8-20-21-10-4-11-22-20;1-3-5-6-4-2;1-3-5-4-2;1-3-4(2)5/h4,6-7,10-11,14-16H,3,5,8-9,12-13H2,1-2H3;3-6H2,1-2H3;3-5H2,1-2H3;3H2,1-2H3. The number of hydrogen-bond donors (Lipinski definition) is 0. The molecule has 0 radical (unpaired) electrons. The molecule has 0 saturated heterocycles. The number of aryl methyl sites for hydroxylation is 1. The Morgan fingerprint density at radius 3 is 2.00 bits per heavy atom. The monoisotopic (exact) mass is 540 g/mol. The van der Waals surface area contributed by atoms with Gasteiger partial charge < -0.3 is 9.53 Å². The molecule has 0 bridgehead atoms. The van der Waals surface area contributed by atoms with E-state index < -0.39 is 0 Å². The van der Waals surface area contributed by atoms with Crippen molar-refractivity contribution >= 4 is 5.78 Å². The molecule has 2 aromatic rings. The molecule has 0 aliphatic carbocycles. The minimum Gasteiger partial charge on any atom is -0.493 e. The Hall–Kier alpha value is -2.23. The minimum absolute atomic E-state index is 0.255. The highest BCUT2D eigenvalue weighted by Gasteiger charge is 2.18. The number of unbranched alkanes of at least 4 members (excludes halogenated alkanes) is 5. The van der Waals surface area contributed by atoms with Crippen molar-refractivity contribution in [2.45, 2.75) is 145 Å². The van der Waals surface area contributed by atoms with Gasteiger partial charge in [0.05, 0.1) is 6.61 Å². The fraction of sp³-hybridized carbons (Fsp3) is 0.686. The molecule has 0 spiro atoms. The fourth-order valence-corrected chi connectivity index (χ4v) is 4.29. The summed E-state index contributed by atoms with van der Waals surface area (Å²) in [4.78, 5) is 18.5. The molecule has 1 aromatic carbocycles. The number of nitrogens with zero attached hydrogens (tertiary/aromatic N) is 2. The number of Topliss-reactive ketones (excluding diaryl/α,β-unsaturated/α-hetero) is 1. The summed E-state index contributed by atoms with van der Waals surface area (Å²) in [7, 11) is 0. The summed E-state index contributed by atoms with van der Waals surface area (Å²) in [5, 5.41) is 0. The molecular weight excluding hydrogens is 480 g/mol. The number of ether oxygens (including phenoxy) is 1. The van der Waals surface area contributed by atoms with Crippen molar-refractivity contribution < 1.29 is 9.53 Å². The lowest BCUT2D eigenvalue weighted by molar-refractivity contribution is -0.116. The lowest BCUT2D eigenvalue weighted by Crippen LogP contribution is -2.07. The van der Waals surface area contributed by atoms with Gasteiger partial charge in [-0.2, -0.15) is 0 Å². The average molecular weight is 541 g/mol. The van der Waals surface area contributed by atoms with Crippen LogP contribution in [0.2, 0.25) is 0 Å². The average Bonchev–Trinajstić information content (AvgIpc) is 3.44. The molecule has 1 aromatic heterocycles. The molecular formula is C35H60N2O2. The zero-order valence-electron chi connectivity index (χ0n) is 26.7. The molecule has 2 unspecified atom stereocenters. The van der Waals surface area contributed by atoms with Crippen LogP contribution in [0.1, 0.15) is 149 Å². The molecule has 0 saturated carbocycles. The molecule has 39 heavy (non-hydrogen) atoms. The number of rotatable bonds is 13. The zero-order chi connectivity index (χ0) is 29.3. The summed E-state index contributed by atoms with van der Waals surface area (Å²) >= 11 is 0. The van der Waals surface area contributed by atoms with Gasteiger partial charge in [0.2, 0.25) is 0 Å². The summed E-state index contributed by atoms with van der Waals surface area (Å²) in [5.74, 6) is 3.60. The van der Waals surface area contributed by atoms with Gasteiger partial charge in [0.15, 0.2) is 0 Å². The van der Waals surface area contributed by atoms with E-state index in [0.717, 1.165) is 37.4 Å². The van der Waals surface area contributed by atoms with Crippen LogP contribution >= 0.6 is 0 Å². The largest absolute Gasteiger partial charge is 0.493 e. The Labute approximate surface area is 241 Å². The molecule has 4 nitrogen and oxygen atoms in total. The number of carbonyl (C=O) groups excluding carboxylic acids is 1. The van der Waals surface area contributed by atoms with Crippen molar-refractivity contribution in [2.24, 2.45) is 5.92 Å². The van der Waals surface area contributed by atoms with Crippen molar-refractivity contribution in [1.29, 1.82) is 0 Å². The molecule has 2 heterocycles. The SMILES string of the molecule is CCC(C)=O.CCC(CC(C)CCc1ncccn1)c1ccc2c(c1)CCO2.CCCCC.CCCCCC. The van der Waals surface area contributed by atoms with Crippen LogP contribution in [-0.2, 0) is 17.6 Å². The van der Waals surface area contributed by atoms with E-state index in [1.807, 2.05) is 25.4 Å². The van der Waals surface area contributed by atoms with Gasteiger partial charge in [-0.3, -0.25) is 0 Å². The Balaban J connectivity index is 0.000000741. The van der Waals surface area contributed by atoms with Crippen LogP contribution in [0.4, 0.5) is 0 Å². The maximum absolute atomic E-state index is 9.81. The first-order chi connectivity index (χ1) is 18.9. The highest BCUT2D eigenvalue weighted by Crippen LogP contribution is 2.33. The molecule has 4 heteroatoms. The number of benzene rings is 1. The number of hydrogen-bond acceptors (Lipinski definition) is 4. The van der Waals surface area contributed by atoms with Gasteiger partial charge in [-0.15, -0.1) is 0 Å². The van der Waals surface area contributed by atoms with Gasteiger partial charge in [0, 0.05) is 31.7 Å². The van der Waals surface area contributed by atoms with E-state index in [4.69, 9.17) is 4.74 Å². The van der Waals surface area contributed by atoms with Gasteiger partial charge in [-0.1, -0.05) is 106 Å². The second-order valence-electron chi connectivity index (χ2n) is 10.7. The Kier molecular flexibility index (Phi) is 23.4. The van der Waals surface area contributed by atoms with Crippen molar-refractivity contribution in [1.82, 2.24) is 9.97 Å². The van der Waals surface area contributed by atoms with Crippen LogP contribution in [0.5, 0.6) is 5.75 Å². The van der Waals surface area contributed by atoms with Gasteiger partial charge in [-0.25, -0.2) is 9.97 Å². The molecule has 0 fully saturated rings. The first-order valence-electron chi connectivity index (χ1n) is 15.9. The van der Waals surface area contributed by atoms with E-state index >= 15 is 0 Å². The van der Waals surface area contributed by atoms with E-state index in [0.29, 0.717) is 18.3 Å². The van der Waals surface area contributed by atoms with Crippen LogP contribution in [0.3, 0.4) is 0 Å². The second kappa shape index (κ2) is 24.8. The second-order valence-corrected chi connectivity index (χ2v) is 10.7. The lowest BCUT2D eigenvalue weighted by Gasteiger charge is -2.20. The number of aromatic nitrogens is 2. The number of fused-ring (bicyclic) bond motifs is 1. The highest BCUT2D eigenvalue weighted by molar-refractivity contribution is 5.74. The zero-order valence-corrected chi connectivity index (χ0v) is 26.7. The van der Waals surface area contributed by atoms with Crippen LogP contribution in [0.15, 0.2) is 36.7 Å². The number of ketones is 1. The molecule has 222 valence electrons. The summed E-state index contributed by atoms with van der Waals surface area (Å²) in [6.45, 7) is 17.8. The van der Waals surface area contributed by atoms with Crippen LogP contribution in [0.25, 0.3) is 0 Å². The lowest BCUT2D eigenvalue weighted by atomic mass is 9.85. The van der Waals surface area contributed by atoms with Crippen molar-refractivity contribution in [3.63, 3.8) is 0 Å². The van der Waals surface area contributed by atoms with Crippen LogP contribution < -0.4 is 4.74 Å². The topological polar surface area (TPSA) is 52.1 Å². The van der Waals surface area contributed by atoms with Crippen LogP contribution in [-0.4, -0.2) is 22.4 Å². The molecule has 0 amide bonds. The Morgan fingerprint density at radius 2 is 1.51 bits per heavy atom. The molecule has 2 atom stereocenters. The van der Waals surface area contributed by atoms with E-state index in [1.165, 1.54) is 68.9 Å². The molecule has 3 rings (SSSR count).